The number of hydrogen-bond donors (Lipinski definition) is 0. The predicted octanol–water partition coefficient (Wildman–Crippen LogP) is 8.04. The largest absolute Gasteiger partial charge is 0.618 e. The number of benzene rings is 4. The highest BCUT2D eigenvalue weighted by Crippen LogP contribution is 2.52. The molecule has 6 aromatic rings. The number of rotatable bonds is 10. The second-order valence-corrected chi connectivity index (χ2v) is 13.8. The van der Waals surface area contributed by atoms with E-state index in [4.69, 9.17) is 28.4 Å². The molecule has 2 aromatic heterocycles. The Morgan fingerprint density at radius 3 is 1.13 bits per heavy atom. The maximum atomic E-state index is 15.0. The molecule has 0 amide bonds. The molecule has 2 aliphatic carbocycles. The Morgan fingerprint density at radius 1 is 0.473 bits per heavy atom. The highest BCUT2D eigenvalue weighted by molar-refractivity contribution is 5.82. The van der Waals surface area contributed by atoms with E-state index in [9.17, 15) is 0 Å². The van der Waals surface area contributed by atoms with Crippen molar-refractivity contribution in [1.29, 1.82) is 0 Å². The lowest BCUT2D eigenvalue weighted by Crippen LogP contribution is -2.46. The lowest BCUT2D eigenvalue weighted by atomic mass is 9.67. The summed E-state index contributed by atoms with van der Waals surface area (Å²) in [5.41, 5.74) is 8.91. The number of methoxy groups -OCH3 is 6. The molecule has 55 heavy (non-hydrogen) atoms. The van der Waals surface area contributed by atoms with Gasteiger partial charge in [0.15, 0.2) is 0 Å². The number of ether oxygens (including phenoxy) is 6. The molecule has 2 atom stereocenters. The van der Waals surface area contributed by atoms with Crippen LogP contribution in [0.2, 0.25) is 0 Å². The second-order valence-electron chi connectivity index (χ2n) is 13.8. The molecule has 0 saturated heterocycles. The van der Waals surface area contributed by atoms with Crippen molar-refractivity contribution in [3.63, 3.8) is 0 Å². The third-order valence-corrected chi connectivity index (χ3v) is 11.1. The van der Waals surface area contributed by atoms with E-state index in [0.29, 0.717) is 87.7 Å². The molecule has 2 heterocycles. The normalized spacial score (nSPS) is 15.4. The molecule has 2 aliphatic rings. The van der Waals surface area contributed by atoms with E-state index in [-0.39, 0.29) is 11.8 Å². The van der Waals surface area contributed by atoms with Gasteiger partial charge in [-0.05, 0) is 41.5 Å². The van der Waals surface area contributed by atoms with Gasteiger partial charge in [0.05, 0.1) is 54.5 Å². The van der Waals surface area contributed by atoms with Gasteiger partial charge >= 0.3 is 0 Å². The van der Waals surface area contributed by atoms with Crippen molar-refractivity contribution in [2.24, 2.45) is 0 Å². The van der Waals surface area contributed by atoms with E-state index in [0.717, 1.165) is 42.8 Å². The lowest BCUT2D eigenvalue weighted by molar-refractivity contribution is -0.610. The van der Waals surface area contributed by atoms with Gasteiger partial charge in [-0.15, -0.1) is 0 Å². The van der Waals surface area contributed by atoms with Crippen LogP contribution in [0.1, 0.15) is 40.8 Å². The van der Waals surface area contributed by atoms with Gasteiger partial charge in [0.1, 0.15) is 45.6 Å². The first-order chi connectivity index (χ1) is 26.8. The smallest absolute Gasteiger partial charge is 0.232 e. The van der Waals surface area contributed by atoms with Crippen molar-refractivity contribution >= 4 is 0 Å². The summed E-state index contributed by atoms with van der Waals surface area (Å²) in [6.45, 7) is 0. The maximum absolute atomic E-state index is 15.0. The zero-order valence-corrected chi connectivity index (χ0v) is 31.7. The van der Waals surface area contributed by atoms with Crippen molar-refractivity contribution in [1.82, 2.24) is 0 Å². The summed E-state index contributed by atoms with van der Waals surface area (Å²) in [4.78, 5) is 0. The quantitative estimate of drug-likeness (QED) is 0.103. The van der Waals surface area contributed by atoms with Crippen LogP contribution in [-0.2, 0) is 12.8 Å². The summed E-state index contributed by atoms with van der Waals surface area (Å²) >= 11 is 0. The molecule has 0 radical (unpaired) electrons. The maximum Gasteiger partial charge on any atom is 0.232 e. The van der Waals surface area contributed by atoms with Crippen molar-refractivity contribution in [3.05, 3.63) is 130 Å². The summed E-state index contributed by atoms with van der Waals surface area (Å²) < 4.78 is 36.6. The molecule has 0 fully saturated rings. The van der Waals surface area contributed by atoms with Crippen molar-refractivity contribution in [2.45, 2.75) is 31.1 Å². The van der Waals surface area contributed by atoms with Crippen LogP contribution in [-0.4, -0.2) is 42.7 Å². The predicted molar refractivity (Wildman–Crippen MR) is 209 cm³/mol. The van der Waals surface area contributed by atoms with Gasteiger partial charge in [-0.25, -0.2) is 0 Å². The molecule has 10 nitrogen and oxygen atoms in total. The van der Waals surface area contributed by atoms with Crippen LogP contribution in [0.5, 0.6) is 34.5 Å². The molecule has 0 spiro atoms. The van der Waals surface area contributed by atoms with Gasteiger partial charge in [0.25, 0.3) is 0 Å². The van der Waals surface area contributed by atoms with Gasteiger partial charge in [-0.3, -0.25) is 0 Å². The van der Waals surface area contributed by atoms with Gasteiger partial charge in [-0.2, -0.15) is 9.46 Å². The van der Waals surface area contributed by atoms with Gasteiger partial charge in [-0.1, -0.05) is 60.7 Å². The number of aromatic nitrogens is 2. The molecule has 0 saturated carbocycles. The first kappa shape index (κ1) is 35.6. The van der Waals surface area contributed by atoms with Crippen LogP contribution in [0.15, 0.2) is 97.1 Å². The summed E-state index contributed by atoms with van der Waals surface area (Å²) in [6, 6.07) is 31.0. The van der Waals surface area contributed by atoms with Crippen LogP contribution in [0.4, 0.5) is 0 Å². The first-order valence-electron chi connectivity index (χ1n) is 18.1. The average molecular weight is 739 g/mol. The molecule has 8 rings (SSSR count). The minimum absolute atomic E-state index is 0.185. The van der Waals surface area contributed by atoms with Crippen LogP contribution in [0, 0.1) is 10.4 Å². The SMILES string of the molecule is COc1cc(OC)c(-c2cc(-c3ccccc3)c3c([n+]2[O-])C2Cc4c(-c5ccccc5)cc(-c5c(OC)cc(OC)cc5OC)[n+]([O-])c4C(C3)C2)c(OC)c1. The van der Waals surface area contributed by atoms with E-state index in [1.165, 1.54) is 0 Å². The monoisotopic (exact) mass is 738 g/mol. The number of fused-ring (bicyclic) bond motifs is 6. The van der Waals surface area contributed by atoms with Crippen molar-refractivity contribution in [3.8, 4) is 79.3 Å². The molecule has 2 bridgehead atoms. The Morgan fingerprint density at radius 2 is 0.818 bits per heavy atom. The molecule has 4 aromatic carbocycles. The number of hydrogen-bond acceptors (Lipinski definition) is 8. The van der Waals surface area contributed by atoms with Gasteiger partial charge < -0.3 is 38.8 Å². The third kappa shape index (κ3) is 5.89. The molecular formula is C45H42N2O8. The lowest BCUT2D eigenvalue weighted by Gasteiger charge is -2.37. The molecule has 10 heteroatoms. The van der Waals surface area contributed by atoms with Crippen LogP contribution < -0.4 is 37.9 Å². The van der Waals surface area contributed by atoms with E-state index >= 15 is 10.4 Å². The Labute approximate surface area is 320 Å². The van der Waals surface area contributed by atoms with Crippen LogP contribution in [0.25, 0.3) is 44.8 Å². The molecule has 0 N–H and O–H groups in total. The number of pyridine rings is 2. The summed E-state index contributed by atoms with van der Waals surface area (Å²) in [6.07, 6.45) is 1.59. The van der Waals surface area contributed by atoms with Crippen molar-refractivity contribution in [2.75, 3.05) is 42.7 Å². The van der Waals surface area contributed by atoms with E-state index in [1.54, 1.807) is 66.9 Å². The first-order valence-corrected chi connectivity index (χ1v) is 18.1. The molecule has 0 aliphatic heterocycles. The fourth-order valence-corrected chi connectivity index (χ4v) is 8.63. The molecule has 280 valence electrons. The summed E-state index contributed by atoms with van der Waals surface area (Å²) in [5.74, 6) is 2.55. The minimum atomic E-state index is -0.185. The van der Waals surface area contributed by atoms with Gasteiger partial charge in [0, 0.05) is 47.5 Å². The Bertz CT molecular complexity index is 2200. The molecular weight excluding hydrogens is 697 g/mol. The van der Waals surface area contributed by atoms with E-state index < -0.39 is 0 Å². The fourth-order valence-electron chi connectivity index (χ4n) is 8.63. The Kier molecular flexibility index (Phi) is 9.34. The third-order valence-electron chi connectivity index (χ3n) is 11.1. The Hall–Kier alpha value is -6.42. The van der Waals surface area contributed by atoms with Gasteiger partial charge in [0.2, 0.25) is 22.8 Å². The van der Waals surface area contributed by atoms with Crippen molar-refractivity contribution < 1.29 is 37.9 Å². The van der Waals surface area contributed by atoms with Crippen LogP contribution in [0.3, 0.4) is 0 Å². The topological polar surface area (TPSA) is 109 Å². The Balaban J connectivity index is 1.39. The molecule has 2 unspecified atom stereocenters. The zero-order valence-electron chi connectivity index (χ0n) is 31.7. The van der Waals surface area contributed by atoms with Crippen LogP contribution >= 0.6 is 0 Å². The highest BCUT2D eigenvalue weighted by atomic mass is 16.5. The highest BCUT2D eigenvalue weighted by Gasteiger charge is 2.47. The summed E-state index contributed by atoms with van der Waals surface area (Å²) in [7, 11) is 9.43. The van der Waals surface area contributed by atoms with E-state index in [2.05, 4.69) is 24.3 Å². The average Bonchev–Trinajstić information content (AvgIpc) is 3.23. The second kappa shape index (κ2) is 14.4. The fraction of sp³-hybridized carbons (Fsp3) is 0.244. The summed E-state index contributed by atoms with van der Waals surface area (Å²) in [5, 5.41) is 30.0. The zero-order chi connectivity index (χ0) is 38.4. The standard InChI is InChI=1S/C45H42N2O8/c1-50-30-20-38(52-3)42(39(21-30)53-4)36-24-32(26-13-9-7-10-14-26)34-19-29-17-28(44(34)46(36)48)18-35-33(27-15-11-8-12-16-27)25-37(47(49)45(29)35)43-40(54-5)22-31(51-2)23-41(43)55-6/h7-16,20-25,28-29H,17-19H2,1-6H3. The number of nitrogens with zero attached hydrogens (tertiary/aromatic N) is 2. The van der Waals surface area contributed by atoms with E-state index in [1.807, 2.05) is 48.5 Å². The minimum Gasteiger partial charge on any atom is -0.618 e.